The van der Waals surface area contributed by atoms with E-state index in [2.05, 4.69) is 4.90 Å². The molecule has 1 aliphatic rings. The Bertz CT molecular complexity index is 609. The standard InChI is InChI=1S/C14H22FN3O2S/c1-10-8-18(9-11(2)17(10)3)21(19,20)13-4-5-14(15)12(6-13)7-16/h4-6,10-11H,7-9,16H2,1-3H3. The lowest BCUT2D eigenvalue weighted by Gasteiger charge is -2.41. The van der Waals surface area contributed by atoms with Gasteiger partial charge in [0.2, 0.25) is 10.0 Å². The van der Waals surface area contributed by atoms with Crippen molar-refractivity contribution >= 4 is 10.0 Å². The Morgan fingerprint density at radius 3 is 2.38 bits per heavy atom. The number of hydrogen-bond donors (Lipinski definition) is 1. The number of piperazine rings is 1. The van der Waals surface area contributed by atoms with Gasteiger partial charge in [-0.1, -0.05) is 0 Å². The summed E-state index contributed by atoms with van der Waals surface area (Å²) in [4.78, 5) is 2.26. The Labute approximate surface area is 125 Å². The van der Waals surface area contributed by atoms with E-state index in [1.54, 1.807) is 0 Å². The van der Waals surface area contributed by atoms with Crippen molar-refractivity contribution in [3.63, 3.8) is 0 Å². The van der Waals surface area contributed by atoms with Crippen molar-refractivity contribution in [1.29, 1.82) is 0 Å². The number of benzene rings is 1. The van der Waals surface area contributed by atoms with Crippen molar-refractivity contribution in [2.45, 2.75) is 37.4 Å². The molecule has 0 spiro atoms. The van der Waals surface area contributed by atoms with E-state index in [0.29, 0.717) is 13.1 Å². The Morgan fingerprint density at radius 2 is 1.86 bits per heavy atom. The zero-order chi connectivity index (χ0) is 15.8. The van der Waals surface area contributed by atoms with E-state index < -0.39 is 15.8 Å². The van der Waals surface area contributed by atoms with Gasteiger partial charge in [-0.25, -0.2) is 12.8 Å². The number of likely N-dealkylation sites (N-methyl/N-ethyl adjacent to an activating group) is 1. The van der Waals surface area contributed by atoms with E-state index in [1.165, 1.54) is 16.4 Å². The molecule has 2 rings (SSSR count). The molecule has 1 aromatic rings. The van der Waals surface area contributed by atoms with Crippen molar-refractivity contribution in [3.05, 3.63) is 29.6 Å². The summed E-state index contributed by atoms with van der Waals surface area (Å²) in [5.74, 6) is -0.475. The molecule has 1 aliphatic heterocycles. The van der Waals surface area contributed by atoms with Gasteiger partial charge >= 0.3 is 0 Å². The number of hydrogen-bond acceptors (Lipinski definition) is 4. The van der Waals surface area contributed by atoms with Gasteiger partial charge in [0.1, 0.15) is 5.82 Å². The van der Waals surface area contributed by atoms with Crippen LogP contribution in [0.15, 0.2) is 23.1 Å². The molecule has 2 atom stereocenters. The van der Waals surface area contributed by atoms with Gasteiger partial charge < -0.3 is 5.73 Å². The van der Waals surface area contributed by atoms with Crippen LogP contribution in [0.3, 0.4) is 0 Å². The van der Waals surface area contributed by atoms with Crippen molar-refractivity contribution in [3.8, 4) is 0 Å². The maximum absolute atomic E-state index is 13.5. The average Bonchev–Trinajstić information content (AvgIpc) is 2.44. The summed E-state index contributed by atoms with van der Waals surface area (Å²) >= 11 is 0. The van der Waals surface area contributed by atoms with E-state index in [4.69, 9.17) is 5.73 Å². The summed E-state index contributed by atoms with van der Waals surface area (Å²) in [7, 11) is -1.63. The molecule has 5 nitrogen and oxygen atoms in total. The van der Waals surface area contributed by atoms with E-state index in [9.17, 15) is 12.8 Å². The highest BCUT2D eigenvalue weighted by atomic mass is 32.2. The second kappa shape index (κ2) is 6.00. The van der Waals surface area contributed by atoms with Crippen LogP contribution >= 0.6 is 0 Å². The van der Waals surface area contributed by atoms with Gasteiger partial charge in [-0.15, -0.1) is 0 Å². The van der Waals surface area contributed by atoms with Gasteiger partial charge in [-0.3, -0.25) is 4.90 Å². The van der Waals surface area contributed by atoms with Crippen LogP contribution in [0.1, 0.15) is 19.4 Å². The molecule has 0 radical (unpaired) electrons. The normalized spacial score (nSPS) is 25.2. The second-order valence-corrected chi connectivity index (χ2v) is 7.58. The maximum Gasteiger partial charge on any atom is 0.243 e. The Hall–Kier alpha value is -1.02. The smallest absolute Gasteiger partial charge is 0.243 e. The molecule has 2 unspecified atom stereocenters. The number of rotatable bonds is 3. The van der Waals surface area contributed by atoms with Gasteiger partial charge in [-0.05, 0) is 39.1 Å². The fourth-order valence-corrected chi connectivity index (χ4v) is 4.22. The van der Waals surface area contributed by atoms with Crippen LogP contribution in [-0.2, 0) is 16.6 Å². The van der Waals surface area contributed by atoms with E-state index in [0.717, 1.165) is 6.07 Å². The predicted molar refractivity (Wildman–Crippen MR) is 79.7 cm³/mol. The molecule has 1 heterocycles. The van der Waals surface area contributed by atoms with Gasteiger partial charge in [-0.2, -0.15) is 4.31 Å². The number of sulfonamides is 1. The van der Waals surface area contributed by atoms with Crippen molar-refractivity contribution in [1.82, 2.24) is 9.21 Å². The molecular weight excluding hydrogens is 293 g/mol. The van der Waals surface area contributed by atoms with Crippen LogP contribution in [-0.4, -0.2) is 49.8 Å². The largest absolute Gasteiger partial charge is 0.326 e. The summed E-state index contributed by atoms with van der Waals surface area (Å²) in [6.07, 6.45) is 0. The Balaban J connectivity index is 2.34. The number of nitrogens with two attached hydrogens (primary N) is 1. The summed E-state index contributed by atoms with van der Waals surface area (Å²) < 4.78 is 40.4. The first-order valence-electron chi connectivity index (χ1n) is 6.98. The summed E-state index contributed by atoms with van der Waals surface area (Å²) in [6.45, 7) is 4.82. The molecule has 2 N–H and O–H groups in total. The Kier molecular flexibility index (Phi) is 4.67. The first kappa shape index (κ1) is 16.4. The van der Waals surface area contributed by atoms with Gasteiger partial charge in [0.25, 0.3) is 0 Å². The molecule has 1 fully saturated rings. The van der Waals surface area contributed by atoms with E-state index in [1.807, 2.05) is 20.9 Å². The lowest BCUT2D eigenvalue weighted by Crippen LogP contribution is -2.56. The second-order valence-electron chi connectivity index (χ2n) is 5.64. The quantitative estimate of drug-likeness (QED) is 0.903. The molecule has 7 heteroatoms. The fourth-order valence-electron chi connectivity index (χ4n) is 2.57. The lowest BCUT2D eigenvalue weighted by molar-refractivity contribution is 0.105. The highest BCUT2D eigenvalue weighted by Gasteiger charge is 2.34. The molecule has 21 heavy (non-hydrogen) atoms. The summed E-state index contributed by atoms with van der Waals surface area (Å²) in [5.41, 5.74) is 5.66. The average molecular weight is 315 g/mol. The number of nitrogens with zero attached hydrogens (tertiary/aromatic N) is 2. The molecule has 0 amide bonds. The third-order valence-electron chi connectivity index (χ3n) is 4.20. The minimum atomic E-state index is -3.62. The lowest BCUT2D eigenvalue weighted by atomic mass is 10.1. The third kappa shape index (κ3) is 3.11. The van der Waals surface area contributed by atoms with Gasteiger partial charge in [0.05, 0.1) is 4.90 Å². The van der Waals surface area contributed by atoms with Crippen LogP contribution < -0.4 is 5.73 Å². The highest BCUT2D eigenvalue weighted by molar-refractivity contribution is 7.89. The molecule has 0 bridgehead atoms. The van der Waals surface area contributed by atoms with Crippen molar-refractivity contribution < 1.29 is 12.8 Å². The van der Waals surface area contributed by atoms with E-state index in [-0.39, 0.29) is 29.1 Å². The SMILES string of the molecule is CC1CN(S(=O)(=O)c2ccc(F)c(CN)c2)CC(C)N1C. The predicted octanol–water partition coefficient (Wildman–Crippen LogP) is 0.997. The molecule has 0 saturated carbocycles. The zero-order valence-electron chi connectivity index (χ0n) is 12.6. The minimum absolute atomic E-state index is 0.0231. The topological polar surface area (TPSA) is 66.6 Å². The van der Waals surface area contributed by atoms with Crippen LogP contribution in [0.25, 0.3) is 0 Å². The first-order chi connectivity index (χ1) is 9.77. The van der Waals surface area contributed by atoms with Crippen LogP contribution in [0, 0.1) is 5.82 Å². The minimum Gasteiger partial charge on any atom is -0.326 e. The van der Waals surface area contributed by atoms with Crippen LogP contribution in [0.2, 0.25) is 0 Å². The van der Waals surface area contributed by atoms with Gasteiger partial charge in [0, 0.05) is 37.3 Å². The summed E-state index contributed by atoms with van der Waals surface area (Å²) in [5, 5.41) is 0. The molecular formula is C14H22FN3O2S. The van der Waals surface area contributed by atoms with Gasteiger partial charge in [0.15, 0.2) is 0 Å². The van der Waals surface area contributed by atoms with E-state index >= 15 is 0 Å². The first-order valence-corrected chi connectivity index (χ1v) is 8.42. The molecule has 1 aromatic carbocycles. The van der Waals surface area contributed by atoms with Crippen molar-refractivity contribution in [2.75, 3.05) is 20.1 Å². The monoisotopic (exact) mass is 315 g/mol. The zero-order valence-corrected chi connectivity index (χ0v) is 13.4. The summed E-state index contributed by atoms with van der Waals surface area (Å²) in [6, 6.07) is 4.07. The number of halogens is 1. The third-order valence-corrected chi connectivity index (χ3v) is 6.03. The van der Waals surface area contributed by atoms with Crippen LogP contribution in [0.5, 0.6) is 0 Å². The Morgan fingerprint density at radius 1 is 1.29 bits per heavy atom. The highest BCUT2D eigenvalue weighted by Crippen LogP contribution is 2.23. The molecule has 1 saturated heterocycles. The maximum atomic E-state index is 13.5. The molecule has 0 aliphatic carbocycles. The molecule has 118 valence electrons. The fraction of sp³-hybridized carbons (Fsp3) is 0.571. The molecule has 0 aromatic heterocycles. The van der Waals surface area contributed by atoms with Crippen molar-refractivity contribution in [2.24, 2.45) is 5.73 Å². The van der Waals surface area contributed by atoms with Crippen LogP contribution in [0.4, 0.5) is 4.39 Å².